The van der Waals surface area contributed by atoms with Gasteiger partial charge >= 0.3 is 0 Å². The molecule has 2 heteroatoms. The maximum absolute atomic E-state index is 10.5. The number of hydrogen-bond donors (Lipinski definition) is 1. The van der Waals surface area contributed by atoms with Crippen LogP contribution in [0.2, 0.25) is 0 Å². The van der Waals surface area contributed by atoms with Crippen molar-refractivity contribution in [3.8, 4) is 5.75 Å². The van der Waals surface area contributed by atoms with Gasteiger partial charge in [-0.05, 0) is 30.4 Å². The van der Waals surface area contributed by atoms with Crippen LogP contribution in [0.15, 0.2) is 24.3 Å². The number of hydrogen-bond acceptors (Lipinski definition) is 2. The fraction of sp³-hybridized carbons (Fsp3) is 0.647. The van der Waals surface area contributed by atoms with Crippen LogP contribution in [0.3, 0.4) is 0 Å². The molecule has 0 saturated heterocycles. The van der Waals surface area contributed by atoms with E-state index in [4.69, 9.17) is 4.74 Å². The number of fused-ring (bicyclic) bond motifs is 1. The second-order valence-electron chi connectivity index (χ2n) is 6.19. The first-order chi connectivity index (χ1) is 9.33. The van der Waals surface area contributed by atoms with Crippen molar-refractivity contribution in [1.29, 1.82) is 0 Å². The van der Waals surface area contributed by atoms with Crippen LogP contribution in [0.4, 0.5) is 0 Å². The maximum atomic E-state index is 10.5. The van der Waals surface area contributed by atoms with Gasteiger partial charge in [0.15, 0.2) is 0 Å². The summed E-state index contributed by atoms with van der Waals surface area (Å²) in [4.78, 5) is 0. The lowest BCUT2D eigenvalue weighted by molar-refractivity contribution is 0.0416. The summed E-state index contributed by atoms with van der Waals surface area (Å²) in [5.41, 5.74) is 1.25. The monoisotopic (exact) mass is 260 g/mol. The summed E-state index contributed by atoms with van der Waals surface area (Å²) >= 11 is 0. The second kappa shape index (κ2) is 5.96. The fourth-order valence-corrected chi connectivity index (χ4v) is 3.56. The van der Waals surface area contributed by atoms with E-state index in [1.807, 2.05) is 12.1 Å². The summed E-state index contributed by atoms with van der Waals surface area (Å²) in [5, 5.41) is 10.5. The Kier molecular flexibility index (Phi) is 4.07. The Bertz CT molecular complexity index is 409. The van der Waals surface area contributed by atoms with Crippen molar-refractivity contribution in [2.45, 2.75) is 51.0 Å². The average Bonchev–Trinajstić information content (AvgIpc) is 2.48. The zero-order chi connectivity index (χ0) is 13.1. The second-order valence-corrected chi connectivity index (χ2v) is 6.19. The Balaban J connectivity index is 1.58. The molecule has 19 heavy (non-hydrogen) atoms. The molecule has 104 valence electrons. The van der Waals surface area contributed by atoms with Crippen molar-refractivity contribution in [3.63, 3.8) is 0 Å². The summed E-state index contributed by atoms with van der Waals surface area (Å²) in [6.45, 7) is 0.672. The molecule has 1 fully saturated rings. The molecule has 0 aromatic heterocycles. The van der Waals surface area contributed by atoms with Crippen LogP contribution in [-0.2, 0) is 6.42 Å². The molecule has 2 unspecified atom stereocenters. The minimum atomic E-state index is -0.198. The molecule has 0 spiro atoms. The number of para-hydroxylation sites is 1. The third-order valence-corrected chi connectivity index (χ3v) is 4.75. The summed E-state index contributed by atoms with van der Waals surface area (Å²) in [7, 11) is 0. The molecule has 1 N–H and O–H groups in total. The number of benzene rings is 1. The number of aliphatic hydroxyl groups excluding tert-OH is 1. The first-order valence-corrected chi connectivity index (χ1v) is 7.71. The SMILES string of the molecule is OC(CC1CCCCC1)C1COc2ccccc2C1. The van der Waals surface area contributed by atoms with Gasteiger partial charge in [-0.2, -0.15) is 0 Å². The lowest BCUT2D eigenvalue weighted by Gasteiger charge is -2.31. The highest BCUT2D eigenvalue weighted by molar-refractivity contribution is 5.35. The van der Waals surface area contributed by atoms with Gasteiger partial charge in [-0.3, -0.25) is 0 Å². The molecule has 3 rings (SSSR count). The first-order valence-electron chi connectivity index (χ1n) is 7.71. The van der Waals surface area contributed by atoms with Gasteiger partial charge in [-0.1, -0.05) is 50.3 Å². The standard InChI is InChI=1S/C17H24O2/c18-16(10-13-6-2-1-3-7-13)15-11-14-8-4-5-9-17(14)19-12-15/h4-5,8-9,13,15-16,18H,1-3,6-7,10-12H2. The zero-order valence-electron chi connectivity index (χ0n) is 11.6. The van der Waals surface area contributed by atoms with E-state index in [0.29, 0.717) is 6.61 Å². The van der Waals surface area contributed by atoms with Crippen LogP contribution >= 0.6 is 0 Å². The molecule has 1 saturated carbocycles. The summed E-state index contributed by atoms with van der Waals surface area (Å²) < 4.78 is 5.79. The molecule has 0 amide bonds. The molecule has 2 nitrogen and oxygen atoms in total. The van der Waals surface area contributed by atoms with Crippen molar-refractivity contribution in [2.24, 2.45) is 11.8 Å². The van der Waals surface area contributed by atoms with Crippen LogP contribution in [0.5, 0.6) is 5.75 Å². The average molecular weight is 260 g/mol. The molecular formula is C17H24O2. The van der Waals surface area contributed by atoms with Crippen molar-refractivity contribution in [2.75, 3.05) is 6.61 Å². The van der Waals surface area contributed by atoms with Crippen LogP contribution in [0, 0.1) is 11.8 Å². The van der Waals surface area contributed by atoms with E-state index < -0.39 is 0 Å². The van der Waals surface area contributed by atoms with Crippen LogP contribution in [-0.4, -0.2) is 17.8 Å². The minimum Gasteiger partial charge on any atom is -0.493 e. The highest BCUT2D eigenvalue weighted by Gasteiger charge is 2.28. The van der Waals surface area contributed by atoms with E-state index in [1.165, 1.54) is 37.7 Å². The van der Waals surface area contributed by atoms with Gasteiger partial charge < -0.3 is 9.84 Å². The lowest BCUT2D eigenvalue weighted by atomic mass is 9.81. The lowest BCUT2D eigenvalue weighted by Crippen LogP contribution is -2.33. The first kappa shape index (κ1) is 13.0. The predicted molar refractivity (Wildman–Crippen MR) is 76.3 cm³/mol. The smallest absolute Gasteiger partial charge is 0.122 e. The summed E-state index contributed by atoms with van der Waals surface area (Å²) in [5.74, 6) is 2.02. The Morgan fingerprint density at radius 2 is 1.95 bits per heavy atom. The third-order valence-electron chi connectivity index (χ3n) is 4.75. The molecule has 0 bridgehead atoms. The molecule has 2 atom stereocenters. The number of aliphatic hydroxyl groups is 1. The van der Waals surface area contributed by atoms with Gasteiger partial charge in [0.25, 0.3) is 0 Å². The van der Waals surface area contributed by atoms with Crippen molar-refractivity contribution in [3.05, 3.63) is 29.8 Å². The van der Waals surface area contributed by atoms with E-state index in [0.717, 1.165) is 24.5 Å². The highest BCUT2D eigenvalue weighted by Crippen LogP contribution is 2.33. The Labute approximate surface area is 115 Å². The van der Waals surface area contributed by atoms with Gasteiger partial charge in [0.1, 0.15) is 5.75 Å². The van der Waals surface area contributed by atoms with Gasteiger partial charge in [-0.25, -0.2) is 0 Å². The van der Waals surface area contributed by atoms with Crippen LogP contribution in [0.25, 0.3) is 0 Å². The molecular weight excluding hydrogens is 236 g/mol. The molecule has 2 aliphatic rings. The number of rotatable bonds is 3. The molecule has 1 aliphatic carbocycles. The molecule has 1 aromatic carbocycles. The van der Waals surface area contributed by atoms with Crippen molar-refractivity contribution in [1.82, 2.24) is 0 Å². The summed E-state index contributed by atoms with van der Waals surface area (Å²) in [6.07, 6.45) is 8.43. The van der Waals surface area contributed by atoms with E-state index in [1.54, 1.807) is 0 Å². The topological polar surface area (TPSA) is 29.5 Å². The van der Waals surface area contributed by atoms with E-state index in [-0.39, 0.29) is 12.0 Å². The highest BCUT2D eigenvalue weighted by atomic mass is 16.5. The predicted octanol–water partition coefficient (Wildman–Crippen LogP) is 3.57. The fourth-order valence-electron chi connectivity index (χ4n) is 3.56. The van der Waals surface area contributed by atoms with E-state index in [2.05, 4.69) is 12.1 Å². The third kappa shape index (κ3) is 3.11. The maximum Gasteiger partial charge on any atom is 0.122 e. The molecule has 1 aromatic rings. The van der Waals surface area contributed by atoms with Crippen LogP contribution in [0.1, 0.15) is 44.1 Å². The quantitative estimate of drug-likeness (QED) is 0.900. The molecule has 1 aliphatic heterocycles. The van der Waals surface area contributed by atoms with Crippen molar-refractivity contribution >= 4 is 0 Å². The van der Waals surface area contributed by atoms with Gasteiger partial charge in [0.2, 0.25) is 0 Å². The van der Waals surface area contributed by atoms with Crippen LogP contribution < -0.4 is 4.74 Å². The number of ether oxygens (including phenoxy) is 1. The molecule has 0 radical (unpaired) electrons. The van der Waals surface area contributed by atoms with E-state index >= 15 is 0 Å². The van der Waals surface area contributed by atoms with Gasteiger partial charge in [0.05, 0.1) is 12.7 Å². The van der Waals surface area contributed by atoms with E-state index in [9.17, 15) is 5.11 Å². The minimum absolute atomic E-state index is 0.198. The molecule has 1 heterocycles. The van der Waals surface area contributed by atoms with Gasteiger partial charge in [-0.15, -0.1) is 0 Å². The zero-order valence-corrected chi connectivity index (χ0v) is 11.6. The normalized spacial score (nSPS) is 25.4. The van der Waals surface area contributed by atoms with Gasteiger partial charge in [0, 0.05) is 5.92 Å². The Morgan fingerprint density at radius 3 is 2.79 bits per heavy atom. The van der Waals surface area contributed by atoms with Crippen molar-refractivity contribution < 1.29 is 9.84 Å². The Morgan fingerprint density at radius 1 is 1.16 bits per heavy atom. The summed E-state index contributed by atoms with van der Waals surface area (Å²) in [6, 6.07) is 8.21. The largest absolute Gasteiger partial charge is 0.493 e. The Hall–Kier alpha value is -1.02.